The van der Waals surface area contributed by atoms with Gasteiger partial charge < -0.3 is 20.6 Å². The van der Waals surface area contributed by atoms with Crippen molar-refractivity contribution in [3.05, 3.63) is 17.6 Å². The minimum Gasteiger partial charge on any atom is -0.475 e. The topological polar surface area (TPSA) is 113 Å². The van der Waals surface area contributed by atoms with E-state index in [0.29, 0.717) is 5.92 Å². The van der Waals surface area contributed by atoms with Gasteiger partial charge in [0.05, 0.1) is 5.54 Å². The lowest BCUT2D eigenvalue weighted by Gasteiger charge is -2.39. The number of carboxylic acids is 1. The number of nitrogens with two attached hydrogens (primary N) is 1. The van der Waals surface area contributed by atoms with E-state index in [1.54, 1.807) is 0 Å². The summed E-state index contributed by atoms with van der Waals surface area (Å²) in [5, 5.41) is 7.12. The number of aryl methyl sites for hydroxylation is 1. The summed E-state index contributed by atoms with van der Waals surface area (Å²) in [6.45, 7) is 9.27. The number of alkyl halides is 3. The van der Waals surface area contributed by atoms with E-state index in [1.807, 2.05) is 17.9 Å². The van der Waals surface area contributed by atoms with Crippen molar-refractivity contribution in [2.75, 3.05) is 31.1 Å². The molecule has 1 aliphatic carbocycles. The summed E-state index contributed by atoms with van der Waals surface area (Å²) in [7, 11) is 0. The quantitative estimate of drug-likeness (QED) is 0.735. The van der Waals surface area contributed by atoms with E-state index < -0.39 is 17.7 Å². The second-order valence-corrected chi connectivity index (χ2v) is 8.33. The van der Waals surface area contributed by atoms with Crippen molar-refractivity contribution in [3.63, 3.8) is 0 Å². The van der Waals surface area contributed by atoms with E-state index in [4.69, 9.17) is 20.6 Å². The van der Waals surface area contributed by atoms with Gasteiger partial charge in [-0.1, -0.05) is 26.7 Å². The van der Waals surface area contributed by atoms with Crippen molar-refractivity contribution in [2.24, 2.45) is 5.73 Å². The minimum absolute atomic E-state index is 0.140. The van der Waals surface area contributed by atoms with Gasteiger partial charge in [-0.25, -0.2) is 14.8 Å². The molecule has 31 heavy (non-hydrogen) atoms. The van der Waals surface area contributed by atoms with Crippen LogP contribution in [0.25, 0.3) is 0 Å². The number of aromatic nitrogens is 2. The van der Waals surface area contributed by atoms with Crippen LogP contribution in [0.5, 0.6) is 0 Å². The SMILES string of the molecule is Cc1cc(N2CCN(C(=O)C3(N)CCCC3)CC2)nc(C(C)C)n1.O=C(O)C(F)(F)F. The summed E-state index contributed by atoms with van der Waals surface area (Å²) in [6.07, 6.45) is -1.29. The Morgan fingerprint density at radius 1 is 1.13 bits per heavy atom. The summed E-state index contributed by atoms with van der Waals surface area (Å²) >= 11 is 0. The Balaban J connectivity index is 0.000000423. The van der Waals surface area contributed by atoms with Gasteiger partial charge in [0.2, 0.25) is 5.91 Å². The predicted octanol–water partition coefficient (Wildman–Crippen LogP) is 2.46. The maximum Gasteiger partial charge on any atom is 0.490 e. The molecule has 1 aromatic rings. The van der Waals surface area contributed by atoms with E-state index in [9.17, 15) is 18.0 Å². The fraction of sp³-hybridized carbons (Fsp3) is 0.700. The maximum atomic E-state index is 12.7. The molecule has 0 bridgehead atoms. The Hall–Kier alpha value is -2.43. The van der Waals surface area contributed by atoms with Gasteiger partial charge in [0, 0.05) is 43.9 Å². The van der Waals surface area contributed by atoms with Gasteiger partial charge in [-0.15, -0.1) is 0 Å². The Bertz CT molecular complexity index is 787. The van der Waals surface area contributed by atoms with E-state index >= 15 is 0 Å². The highest BCUT2D eigenvalue weighted by molar-refractivity contribution is 5.86. The van der Waals surface area contributed by atoms with Crippen LogP contribution in [0.4, 0.5) is 19.0 Å². The monoisotopic (exact) mass is 445 g/mol. The predicted molar refractivity (Wildman–Crippen MR) is 109 cm³/mol. The van der Waals surface area contributed by atoms with Crippen molar-refractivity contribution >= 4 is 17.7 Å². The Labute approximate surface area is 179 Å². The number of aliphatic carboxylic acids is 1. The third-order valence-corrected chi connectivity index (χ3v) is 5.43. The number of carboxylic acid groups (broad SMARTS) is 1. The smallest absolute Gasteiger partial charge is 0.475 e. The number of amides is 1. The molecule has 3 rings (SSSR count). The fourth-order valence-corrected chi connectivity index (χ4v) is 3.67. The molecule has 0 unspecified atom stereocenters. The molecule has 1 saturated carbocycles. The summed E-state index contributed by atoms with van der Waals surface area (Å²) in [6, 6.07) is 2.03. The van der Waals surface area contributed by atoms with Crippen LogP contribution >= 0.6 is 0 Å². The lowest BCUT2D eigenvalue weighted by molar-refractivity contribution is -0.192. The number of anilines is 1. The Morgan fingerprint density at radius 3 is 2.10 bits per heavy atom. The molecule has 3 N–H and O–H groups in total. The van der Waals surface area contributed by atoms with Gasteiger partial charge in [-0.2, -0.15) is 13.2 Å². The lowest BCUT2D eigenvalue weighted by Crippen LogP contribution is -2.58. The number of carbonyl (C=O) groups excluding carboxylic acids is 1. The molecule has 0 atom stereocenters. The van der Waals surface area contributed by atoms with Crippen molar-refractivity contribution in [2.45, 2.75) is 64.1 Å². The Kier molecular flexibility index (Phi) is 7.85. The first-order valence-electron chi connectivity index (χ1n) is 10.3. The molecule has 1 saturated heterocycles. The molecule has 174 valence electrons. The largest absolute Gasteiger partial charge is 0.490 e. The summed E-state index contributed by atoms with van der Waals surface area (Å²) < 4.78 is 31.7. The van der Waals surface area contributed by atoms with Crippen LogP contribution in [-0.2, 0) is 9.59 Å². The second-order valence-electron chi connectivity index (χ2n) is 8.33. The zero-order chi connectivity index (χ0) is 23.4. The van der Waals surface area contributed by atoms with Crippen molar-refractivity contribution in [3.8, 4) is 0 Å². The summed E-state index contributed by atoms with van der Waals surface area (Å²) in [5.74, 6) is -0.447. The lowest BCUT2D eigenvalue weighted by atomic mass is 9.97. The van der Waals surface area contributed by atoms with Gasteiger partial charge in [0.1, 0.15) is 11.6 Å². The molecule has 2 aliphatic rings. The molecule has 2 heterocycles. The van der Waals surface area contributed by atoms with Crippen LogP contribution in [0, 0.1) is 6.92 Å². The highest BCUT2D eigenvalue weighted by Crippen LogP contribution is 2.29. The van der Waals surface area contributed by atoms with Crippen molar-refractivity contribution in [1.29, 1.82) is 0 Å². The minimum atomic E-state index is -5.08. The third-order valence-electron chi connectivity index (χ3n) is 5.43. The fourth-order valence-electron chi connectivity index (χ4n) is 3.67. The number of hydrogen-bond donors (Lipinski definition) is 2. The molecule has 1 aliphatic heterocycles. The van der Waals surface area contributed by atoms with Gasteiger partial charge >= 0.3 is 12.1 Å². The number of nitrogens with zero attached hydrogens (tertiary/aromatic N) is 4. The van der Waals surface area contributed by atoms with Gasteiger partial charge in [0.25, 0.3) is 0 Å². The molecule has 0 spiro atoms. The number of rotatable bonds is 3. The molecule has 0 radical (unpaired) electrons. The first-order chi connectivity index (χ1) is 14.3. The second kappa shape index (κ2) is 9.80. The number of halogens is 3. The van der Waals surface area contributed by atoms with E-state index in [0.717, 1.165) is 69.2 Å². The van der Waals surface area contributed by atoms with Crippen LogP contribution in [0.3, 0.4) is 0 Å². The molecule has 1 amide bonds. The maximum absolute atomic E-state index is 12.7. The standard InChI is InChI=1S/C18H29N5O.C2HF3O2/c1-13(2)16-20-14(3)12-15(21-16)22-8-10-23(11-9-22)17(24)18(19)6-4-5-7-18;3-2(4,5)1(6)7/h12-13H,4-11,19H2,1-3H3;(H,6,7). The summed E-state index contributed by atoms with van der Waals surface area (Å²) in [5.41, 5.74) is 6.71. The van der Waals surface area contributed by atoms with Gasteiger partial charge in [-0.3, -0.25) is 4.79 Å². The van der Waals surface area contributed by atoms with Crippen LogP contribution in [0.15, 0.2) is 6.07 Å². The number of carbonyl (C=O) groups is 2. The van der Waals surface area contributed by atoms with E-state index in [1.165, 1.54) is 0 Å². The first-order valence-corrected chi connectivity index (χ1v) is 10.3. The Morgan fingerprint density at radius 2 is 1.65 bits per heavy atom. The van der Waals surface area contributed by atoms with Crippen LogP contribution in [-0.4, -0.2) is 69.7 Å². The van der Waals surface area contributed by atoms with Crippen molar-refractivity contribution < 1.29 is 27.9 Å². The normalized spacial score (nSPS) is 18.6. The van der Waals surface area contributed by atoms with Crippen LogP contribution < -0.4 is 10.6 Å². The van der Waals surface area contributed by atoms with Crippen LogP contribution in [0.2, 0.25) is 0 Å². The molecular weight excluding hydrogens is 415 g/mol. The zero-order valence-corrected chi connectivity index (χ0v) is 18.1. The van der Waals surface area contributed by atoms with Crippen molar-refractivity contribution in [1.82, 2.24) is 14.9 Å². The van der Waals surface area contributed by atoms with Crippen LogP contribution in [0.1, 0.15) is 57.0 Å². The molecule has 11 heteroatoms. The molecule has 8 nitrogen and oxygen atoms in total. The average Bonchev–Trinajstić information content (AvgIpc) is 3.14. The van der Waals surface area contributed by atoms with E-state index in [-0.39, 0.29) is 5.91 Å². The van der Waals surface area contributed by atoms with Gasteiger partial charge in [-0.05, 0) is 19.8 Å². The highest BCUT2D eigenvalue weighted by Gasteiger charge is 2.40. The van der Waals surface area contributed by atoms with Gasteiger partial charge in [0.15, 0.2) is 0 Å². The summed E-state index contributed by atoms with van der Waals surface area (Å²) in [4.78, 5) is 35.0. The molecule has 0 aromatic carbocycles. The molecule has 2 fully saturated rings. The highest BCUT2D eigenvalue weighted by atomic mass is 19.4. The average molecular weight is 445 g/mol. The number of piperazine rings is 1. The van der Waals surface area contributed by atoms with E-state index in [2.05, 4.69) is 23.7 Å². The third kappa shape index (κ3) is 6.52. The molecule has 1 aromatic heterocycles. The first kappa shape index (κ1) is 24.8. The molecular formula is C20H30F3N5O3. The zero-order valence-electron chi connectivity index (χ0n) is 18.1. The number of hydrogen-bond acceptors (Lipinski definition) is 6.